The zero-order valence-electron chi connectivity index (χ0n) is 15.2. The number of thioether (sulfide) groups is 1. The first-order valence-electron chi connectivity index (χ1n) is 8.62. The number of imidazole rings is 1. The molecule has 0 aliphatic carbocycles. The van der Waals surface area contributed by atoms with E-state index >= 15 is 0 Å². The molecule has 2 aromatic carbocycles. The number of carbonyl (C=O) groups is 1. The van der Waals surface area contributed by atoms with Crippen LogP contribution in [0.15, 0.2) is 41.6 Å². The van der Waals surface area contributed by atoms with Crippen molar-refractivity contribution in [2.24, 2.45) is 0 Å². The summed E-state index contributed by atoms with van der Waals surface area (Å²) in [6.45, 7) is 2.50. The van der Waals surface area contributed by atoms with Gasteiger partial charge >= 0.3 is 0 Å². The molecular formula is C18H15N5O4S2. The number of carbonyl (C=O) groups excluding carboxylic acids is 1. The highest BCUT2D eigenvalue weighted by molar-refractivity contribution is 7.99. The predicted molar refractivity (Wildman–Crippen MR) is 113 cm³/mol. The highest BCUT2D eigenvalue weighted by Crippen LogP contribution is 2.29. The van der Waals surface area contributed by atoms with Gasteiger partial charge in [-0.3, -0.25) is 14.9 Å². The second-order valence-electron chi connectivity index (χ2n) is 5.92. The van der Waals surface area contributed by atoms with Crippen molar-refractivity contribution in [3.05, 3.63) is 46.5 Å². The first-order chi connectivity index (χ1) is 14.0. The first kappa shape index (κ1) is 19.2. The largest absolute Gasteiger partial charge is 0.494 e. The summed E-state index contributed by atoms with van der Waals surface area (Å²) in [6.07, 6.45) is 0. The molecule has 4 rings (SSSR count). The number of aromatic amines is 1. The second-order valence-corrected chi connectivity index (χ2v) is 7.91. The first-order valence-corrected chi connectivity index (χ1v) is 10.4. The minimum Gasteiger partial charge on any atom is -0.494 e. The molecule has 1 amide bonds. The van der Waals surface area contributed by atoms with Crippen molar-refractivity contribution in [1.29, 1.82) is 0 Å². The Bertz CT molecular complexity index is 1220. The minimum atomic E-state index is -0.462. The van der Waals surface area contributed by atoms with Crippen LogP contribution in [-0.2, 0) is 4.79 Å². The Hall–Kier alpha value is -3.18. The molecule has 2 aromatic heterocycles. The molecule has 0 aliphatic heterocycles. The number of rotatable bonds is 7. The molecule has 0 radical (unpaired) electrons. The Balaban J connectivity index is 1.40. The van der Waals surface area contributed by atoms with Crippen molar-refractivity contribution >= 4 is 61.1 Å². The third kappa shape index (κ3) is 4.30. The highest BCUT2D eigenvalue weighted by Gasteiger charge is 2.13. The Morgan fingerprint density at radius 3 is 2.90 bits per heavy atom. The lowest BCUT2D eigenvalue weighted by Gasteiger charge is -2.00. The number of nitrogens with zero attached hydrogens (tertiary/aromatic N) is 3. The van der Waals surface area contributed by atoms with Crippen LogP contribution in [0.3, 0.4) is 0 Å². The summed E-state index contributed by atoms with van der Waals surface area (Å²) in [5.41, 5.74) is 1.94. The third-order valence-corrected chi connectivity index (χ3v) is 5.72. The summed E-state index contributed by atoms with van der Waals surface area (Å²) in [5.74, 6) is 0.676. The van der Waals surface area contributed by atoms with Crippen LogP contribution < -0.4 is 10.1 Å². The third-order valence-electron chi connectivity index (χ3n) is 3.91. The average molecular weight is 429 g/mol. The molecule has 0 bridgehead atoms. The van der Waals surface area contributed by atoms with E-state index in [0.29, 0.717) is 27.9 Å². The van der Waals surface area contributed by atoms with Gasteiger partial charge in [0.1, 0.15) is 5.75 Å². The average Bonchev–Trinajstić information content (AvgIpc) is 3.28. The normalized spacial score (nSPS) is 11.1. The number of H-pyrrole nitrogens is 1. The van der Waals surface area contributed by atoms with Crippen molar-refractivity contribution in [3.63, 3.8) is 0 Å². The molecule has 0 aliphatic rings. The fourth-order valence-corrected chi connectivity index (χ4v) is 4.26. The van der Waals surface area contributed by atoms with Gasteiger partial charge in [-0.1, -0.05) is 23.1 Å². The number of benzene rings is 2. The summed E-state index contributed by atoms with van der Waals surface area (Å²) in [7, 11) is 0. The lowest BCUT2D eigenvalue weighted by Crippen LogP contribution is -2.13. The number of nitro benzene ring substituents is 1. The van der Waals surface area contributed by atoms with Crippen LogP contribution in [0.5, 0.6) is 5.75 Å². The topological polar surface area (TPSA) is 123 Å². The number of amides is 1. The Labute approximate surface area is 172 Å². The second kappa shape index (κ2) is 8.05. The Kier molecular flexibility index (Phi) is 5.32. The molecule has 148 valence electrons. The van der Waals surface area contributed by atoms with Crippen molar-refractivity contribution < 1.29 is 14.5 Å². The van der Waals surface area contributed by atoms with E-state index in [2.05, 4.69) is 20.3 Å². The van der Waals surface area contributed by atoms with Crippen LogP contribution in [0.2, 0.25) is 0 Å². The van der Waals surface area contributed by atoms with Crippen LogP contribution in [0.1, 0.15) is 6.92 Å². The quantitative estimate of drug-likeness (QED) is 0.256. The van der Waals surface area contributed by atoms with E-state index in [4.69, 9.17) is 4.74 Å². The molecule has 0 spiro atoms. The molecule has 0 atom stereocenters. The van der Waals surface area contributed by atoms with Crippen LogP contribution in [0.25, 0.3) is 21.3 Å². The van der Waals surface area contributed by atoms with Gasteiger partial charge in [-0.15, -0.1) is 0 Å². The van der Waals surface area contributed by atoms with Gasteiger partial charge < -0.3 is 15.0 Å². The maximum Gasteiger partial charge on any atom is 0.271 e. The van der Waals surface area contributed by atoms with Gasteiger partial charge in [0.25, 0.3) is 5.69 Å². The fraction of sp³-hybridized carbons (Fsp3) is 0.167. The van der Waals surface area contributed by atoms with E-state index in [1.807, 2.05) is 25.1 Å². The fourth-order valence-electron chi connectivity index (χ4n) is 2.66. The highest BCUT2D eigenvalue weighted by atomic mass is 32.2. The lowest BCUT2D eigenvalue weighted by molar-refractivity contribution is -0.384. The number of fused-ring (bicyclic) bond motifs is 2. The van der Waals surface area contributed by atoms with E-state index < -0.39 is 4.92 Å². The maximum atomic E-state index is 12.3. The van der Waals surface area contributed by atoms with Gasteiger partial charge in [0.15, 0.2) is 10.3 Å². The smallest absolute Gasteiger partial charge is 0.271 e. The summed E-state index contributed by atoms with van der Waals surface area (Å²) in [5, 5.41) is 14.7. The van der Waals surface area contributed by atoms with E-state index in [1.165, 1.54) is 35.2 Å². The van der Waals surface area contributed by atoms with Gasteiger partial charge in [-0.2, -0.15) is 0 Å². The van der Waals surface area contributed by atoms with E-state index in [-0.39, 0.29) is 17.3 Å². The zero-order valence-corrected chi connectivity index (χ0v) is 16.8. The molecular weight excluding hydrogens is 414 g/mol. The predicted octanol–water partition coefficient (Wildman–Crippen LogP) is 4.21. The maximum absolute atomic E-state index is 12.3. The number of aromatic nitrogens is 3. The van der Waals surface area contributed by atoms with E-state index in [9.17, 15) is 14.9 Å². The SMILES string of the molecule is CCOc1ccc2nc(NC(=O)CSc3nc4ccc([N+](=O)[O-])cc4[nH]3)sc2c1. The number of anilines is 1. The minimum absolute atomic E-state index is 0.0150. The number of non-ortho nitro benzene ring substituents is 1. The molecule has 0 fully saturated rings. The van der Waals surface area contributed by atoms with Gasteiger partial charge in [-0.05, 0) is 31.2 Å². The lowest BCUT2D eigenvalue weighted by atomic mass is 10.3. The van der Waals surface area contributed by atoms with Gasteiger partial charge in [0.2, 0.25) is 5.91 Å². The van der Waals surface area contributed by atoms with E-state index in [0.717, 1.165) is 16.0 Å². The van der Waals surface area contributed by atoms with Crippen molar-refractivity contribution in [1.82, 2.24) is 15.0 Å². The molecule has 9 nitrogen and oxygen atoms in total. The van der Waals surface area contributed by atoms with Gasteiger partial charge in [-0.25, -0.2) is 9.97 Å². The molecule has 11 heteroatoms. The van der Waals surface area contributed by atoms with Crippen LogP contribution >= 0.6 is 23.1 Å². The van der Waals surface area contributed by atoms with Crippen molar-refractivity contribution in [2.45, 2.75) is 12.1 Å². The molecule has 4 aromatic rings. The van der Waals surface area contributed by atoms with Gasteiger partial charge in [0, 0.05) is 12.1 Å². The van der Waals surface area contributed by atoms with Crippen LogP contribution in [0, 0.1) is 10.1 Å². The molecule has 2 N–H and O–H groups in total. The number of nitro groups is 1. The number of hydrogen-bond acceptors (Lipinski definition) is 8. The Morgan fingerprint density at radius 2 is 2.10 bits per heavy atom. The number of hydrogen-bond donors (Lipinski definition) is 2. The number of thiazole rings is 1. The zero-order chi connectivity index (χ0) is 20.4. The van der Waals surface area contributed by atoms with Crippen molar-refractivity contribution in [3.8, 4) is 5.75 Å². The summed E-state index contributed by atoms with van der Waals surface area (Å²) in [6, 6.07) is 9.99. The summed E-state index contributed by atoms with van der Waals surface area (Å²) in [4.78, 5) is 34.4. The van der Waals surface area contributed by atoms with Crippen LogP contribution in [0.4, 0.5) is 10.8 Å². The molecule has 2 heterocycles. The van der Waals surface area contributed by atoms with Gasteiger partial charge in [0.05, 0.1) is 38.5 Å². The Morgan fingerprint density at radius 1 is 1.28 bits per heavy atom. The molecule has 0 saturated carbocycles. The number of ether oxygens (including phenoxy) is 1. The molecule has 29 heavy (non-hydrogen) atoms. The molecule has 0 unspecified atom stereocenters. The monoisotopic (exact) mass is 429 g/mol. The number of nitrogens with one attached hydrogen (secondary N) is 2. The van der Waals surface area contributed by atoms with Crippen molar-refractivity contribution in [2.75, 3.05) is 17.7 Å². The van der Waals surface area contributed by atoms with E-state index in [1.54, 1.807) is 6.07 Å². The summed E-state index contributed by atoms with van der Waals surface area (Å²) >= 11 is 2.59. The van der Waals surface area contributed by atoms with Crippen LogP contribution in [-0.4, -0.2) is 38.1 Å². The standard InChI is InChI=1S/C18H15N5O4S2/c1-2-27-11-4-6-13-15(8-11)29-18(20-13)22-16(24)9-28-17-19-12-5-3-10(23(25)26)7-14(12)21-17/h3-8H,2,9H2,1H3,(H,19,21)(H,20,22,24). The molecule has 0 saturated heterocycles. The summed E-state index contributed by atoms with van der Waals surface area (Å²) < 4.78 is 6.41.